The lowest BCUT2D eigenvalue weighted by Gasteiger charge is -2.66. The smallest absolute Gasteiger partial charge is 0.190 e. The van der Waals surface area contributed by atoms with E-state index in [4.69, 9.17) is 0 Å². The average Bonchev–Trinajstić information content (AvgIpc) is 2.88. The lowest BCUT2D eigenvalue weighted by atomic mass is 9.43. The van der Waals surface area contributed by atoms with Gasteiger partial charge in [0.15, 0.2) is 5.78 Å². The van der Waals surface area contributed by atoms with Gasteiger partial charge in [0.05, 0.1) is 10.4 Å². The predicted octanol–water partition coefficient (Wildman–Crippen LogP) is 2.38. The summed E-state index contributed by atoms with van der Waals surface area (Å²) in [6.07, 6.45) is 4.47. The van der Waals surface area contributed by atoms with Crippen molar-refractivity contribution in [3.8, 4) is 0 Å². The maximum absolute atomic E-state index is 12.4. The number of aliphatic hydroxyl groups is 3. The first-order chi connectivity index (χ1) is 12.5. The third-order valence-corrected chi connectivity index (χ3v) is 11.3. The molecule has 4 aliphatic carbocycles. The summed E-state index contributed by atoms with van der Waals surface area (Å²) < 4.78 is -0.499. The van der Waals surface area contributed by atoms with Gasteiger partial charge in [-0.2, -0.15) is 0 Å². The SMILES string of the molecule is C[C@]12CCC(=O)C[C@@H]1CC[C@H]1[C@@H]3CC[C@](O)(C(=O)CO)[C@@]3(C)C[C@H](O)[C@@]12Br. The molecule has 4 aliphatic rings. The number of fused-ring (bicyclic) bond motifs is 5. The van der Waals surface area contributed by atoms with Crippen molar-refractivity contribution in [2.45, 2.75) is 81.2 Å². The molecule has 3 N–H and O–H groups in total. The number of aliphatic hydroxyl groups excluding tert-OH is 2. The van der Waals surface area contributed by atoms with E-state index in [0.717, 1.165) is 25.7 Å². The standard InChI is InChI=1S/C21H31BrO5/c1-18-7-5-13(24)9-12(18)3-4-15-14-6-8-20(27,17(26)11-23)19(14,2)10-16(25)21(15,18)22/h12,14-16,23,25,27H,3-11H2,1-2H3/t12-,14-,15-,16-,18-,19-,20-,21-/m0/s1. The second-order valence-electron chi connectivity index (χ2n) is 10.0. The Labute approximate surface area is 169 Å². The maximum atomic E-state index is 12.4. The highest BCUT2D eigenvalue weighted by Gasteiger charge is 2.73. The summed E-state index contributed by atoms with van der Waals surface area (Å²) in [4.78, 5) is 24.5. The Bertz CT molecular complexity index is 681. The molecule has 0 aromatic rings. The summed E-state index contributed by atoms with van der Waals surface area (Å²) >= 11 is 4.03. The minimum atomic E-state index is -1.57. The molecule has 5 nitrogen and oxygen atoms in total. The number of halogens is 1. The van der Waals surface area contributed by atoms with Gasteiger partial charge >= 0.3 is 0 Å². The Morgan fingerprint density at radius 3 is 2.52 bits per heavy atom. The van der Waals surface area contributed by atoms with Crippen molar-refractivity contribution < 1.29 is 24.9 Å². The van der Waals surface area contributed by atoms with Gasteiger partial charge in [0.2, 0.25) is 0 Å². The van der Waals surface area contributed by atoms with Crippen molar-refractivity contribution in [1.29, 1.82) is 0 Å². The Morgan fingerprint density at radius 2 is 1.85 bits per heavy atom. The Morgan fingerprint density at radius 1 is 1.15 bits per heavy atom. The molecule has 27 heavy (non-hydrogen) atoms. The number of rotatable bonds is 2. The quantitative estimate of drug-likeness (QED) is 0.570. The minimum absolute atomic E-state index is 0.108. The van der Waals surface area contributed by atoms with E-state index < -0.39 is 33.8 Å². The van der Waals surface area contributed by atoms with Crippen LogP contribution in [0.4, 0.5) is 0 Å². The molecule has 0 aromatic carbocycles. The van der Waals surface area contributed by atoms with Gasteiger partial charge in [-0.05, 0) is 61.7 Å². The van der Waals surface area contributed by atoms with Gasteiger partial charge in [0, 0.05) is 18.3 Å². The molecule has 0 spiro atoms. The first-order valence-electron chi connectivity index (χ1n) is 10.3. The highest BCUT2D eigenvalue weighted by atomic mass is 79.9. The van der Waals surface area contributed by atoms with Crippen molar-refractivity contribution in [3.05, 3.63) is 0 Å². The second kappa shape index (κ2) is 6.10. The average molecular weight is 443 g/mol. The van der Waals surface area contributed by atoms with Crippen molar-refractivity contribution >= 4 is 27.5 Å². The molecule has 4 fully saturated rings. The van der Waals surface area contributed by atoms with Crippen LogP contribution in [-0.4, -0.2) is 49.5 Å². The number of Topliss-reactive ketones (excluding diaryl/α,β-unsaturated/α-hetero) is 2. The van der Waals surface area contributed by atoms with Gasteiger partial charge in [-0.1, -0.05) is 29.8 Å². The van der Waals surface area contributed by atoms with Gasteiger partial charge < -0.3 is 15.3 Å². The van der Waals surface area contributed by atoms with Crippen LogP contribution < -0.4 is 0 Å². The lowest BCUT2D eigenvalue weighted by Crippen LogP contribution is -2.70. The first-order valence-corrected chi connectivity index (χ1v) is 11.1. The van der Waals surface area contributed by atoms with E-state index in [0.29, 0.717) is 31.5 Å². The molecule has 152 valence electrons. The zero-order chi connectivity index (χ0) is 19.8. The normalized spacial score (nSPS) is 54.8. The van der Waals surface area contributed by atoms with E-state index in [9.17, 15) is 24.9 Å². The molecule has 8 atom stereocenters. The van der Waals surface area contributed by atoms with E-state index in [1.807, 2.05) is 6.92 Å². The summed E-state index contributed by atoms with van der Waals surface area (Å²) in [5.74, 6) is 0.320. The van der Waals surface area contributed by atoms with Crippen LogP contribution in [0.25, 0.3) is 0 Å². The van der Waals surface area contributed by atoms with E-state index >= 15 is 0 Å². The third-order valence-electron chi connectivity index (χ3n) is 9.31. The van der Waals surface area contributed by atoms with E-state index in [-0.39, 0.29) is 23.2 Å². The van der Waals surface area contributed by atoms with Crippen LogP contribution in [0.1, 0.15) is 65.2 Å². The van der Waals surface area contributed by atoms with Crippen LogP contribution in [-0.2, 0) is 9.59 Å². The van der Waals surface area contributed by atoms with Gasteiger partial charge in [0.1, 0.15) is 18.0 Å². The molecule has 4 rings (SSSR count). The molecule has 6 heteroatoms. The number of alkyl halides is 1. The summed E-state index contributed by atoms with van der Waals surface area (Å²) in [6, 6.07) is 0. The second-order valence-corrected chi connectivity index (χ2v) is 11.3. The fourth-order valence-corrected chi connectivity index (χ4v) is 8.88. The molecule has 0 bridgehead atoms. The Kier molecular flexibility index (Phi) is 4.52. The highest BCUT2D eigenvalue weighted by molar-refractivity contribution is 9.10. The summed E-state index contributed by atoms with van der Waals surface area (Å²) in [6.45, 7) is 3.48. The van der Waals surface area contributed by atoms with Crippen LogP contribution in [0.15, 0.2) is 0 Å². The number of carbonyl (C=O) groups is 2. The van der Waals surface area contributed by atoms with E-state index in [1.165, 1.54) is 0 Å². The summed E-state index contributed by atoms with van der Waals surface area (Å²) in [7, 11) is 0. The molecule has 0 unspecified atom stereocenters. The van der Waals surface area contributed by atoms with Crippen LogP contribution in [0, 0.1) is 28.6 Å². The molecule has 0 radical (unpaired) electrons. The molecule has 0 aliphatic heterocycles. The Balaban J connectivity index is 1.76. The van der Waals surface area contributed by atoms with Crippen LogP contribution in [0.2, 0.25) is 0 Å². The van der Waals surface area contributed by atoms with Gasteiger partial charge in [-0.15, -0.1) is 0 Å². The molecule has 0 aromatic heterocycles. The van der Waals surface area contributed by atoms with Crippen LogP contribution in [0.5, 0.6) is 0 Å². The van der Waals surface area contributed by atoms with Crippen LogP contribution >= 0.6 is 15.9 Å². The van der Waals surface area contributed by atoms with E-state index in [2.05, 4.69) is 22.9 Å². The third kappa shape index (κ3) is 2.27. The largest absolute Gasteiger partial charge is 0.392 e. The predicted molar refractivity (Wildman–Crippen MR) is 103 cm³/mol. The number of hydrogen-bond donors (Lipinski definition) is 3. The van der Waals surface area contributed by atoms with Crippen molar-refractivity contribution in [2.75, 3.05) is 6.61 Å². The number of carbonyl (C=O) groups excluding carboxylic acids is 2. The molecular weight excluding hydrogens is 412 g/mol. The van der Waals surface area contributed by atoms with Crippen molar-refractivity contribution in [1.82, 2.24) is 0 Å². The van der Waals surface area contributed by atoms with Crippen molar-refractivity contribution in [3.63, 3.8) is 0 Å². The molecular formula is C21H31BrO5. The van der Waals surface area contributed by atoms with Crippen molar-refractivity contribution in [2.24, 2.45) is 28.6 Å². The summed E-state index contributed by atoms with van der Waals surface area (Å²) in [5, 5.41) is 32.1. The monoisotopic (exact) mass is 442 g/mol. The maximum Gasteiger partial charge on any atom is 0.190 e. The topological polar surface area (TPSA) is 94.8 Å². The van der Waals surface area contributed by atoms with Crippen LogP contribution in [0.3, 0.4) is 0 Å². The fraction of sp³-hybridized carbons (Fsp3) is 0.905. The van der Waals surface area contributed by atoms with Gasteiger partial charge in [-0.3, -0.25) is 9.59 Å². The minimum Gasteiger partial charge on any atom is -0.392 e. The van der Waals surface area contributed by atoms with E-state index in [1.54, 1.807) is 0 Å². The molecule has 0 saturated heterocycles. The molecule has 0 amide bonds. The molecule has 4 saturated carbocycles. The fourth-order valence-electron chi connectivity index (χ4n) is 7.65. The lowest BCUT2D eigenvalue weighted by molar-refractivity contribution is -0.186. The Hall–Kier alpha value is -0.300. The summed E-state index contributed by atoms with van der Waals surface area (Å²) in [5.41, 5.74) is -2.48. The van der Waals surface area contributed by atoms with Gasteiger partial charge in [0.25, 0.3) is 0 Å². The zero-order valence-electron chi connectivity index (χ0n) is 16.2. The highest BCUT2D eigenvalue weighted by Crippen LogP contribution is 2.72. The first kappa shape index (κ1) is 20.0. The number of ketones is 2. The molecule has 0 heterocycles. The zero-order valence-corrected chi connectivity index (χ0v) is 17.8. The number of hydrogen-bond acceptors (Lipinski definition) is 5. The van der Waals surface area contributed by atoms with Gasteiger partial charge in [-0.25, -0.2) is 0 Å².